The molecule has 0 saturated heterocycles. The molecule has 2 unspecified atom stereocenters. The van der Waals surface area contributed by atoms with E-state index >= 15 is 0 Å². The zero-order valence-electron chi connectivity index (χ0n) is 12.8. The van der Waals surface area contributed by atoms with Crippen molar-refractivity contribution < 1.29 is 13.9 Å². The monoisotopic (exact) mass is 298 g/mol. The number of carbonyl (C=O) groups is 1. The first-order valence-electron chi connectivity index (χ1n) is 7.03. The number of nitriles is 1. The van der Waals surface area contributed by atoms with Crippen LogP contribution < -0.4 is 10.1 Å². The third-order valence-corrected chi connectivity index (χ3v) is 3.21. The SMILES string of the molecule is Cc1ccc(C(C)NC(=O)C(C)Oc2ccc(C#N)cc2)o1. The third kappa shape index (κ3) is 3.89. The van der Waals surface area contributed by atoms with Crippen LogP contribution in [0.1, 0.15) is 37.0 Å². The minimum Gasteiger partial charge on any atom is -0.481 e. The van der Waals surface area contributed by atoms with Crippen LogP contribution in [-0.4, -0.2) is 12.0 Å². The van der Waals surface area contributed by atoms with Crippen LogP contribution in [0.5, 0.6) is 5.75 Å². The molecule has 0 aliphatic carbocycles. The summed E-state index contributed by atoms with van der Waals surface area (Å²) >= 11 is 0. The summed E-state index contributed by atoms with van der Waals surface area (Å²) in [4.78, 5) is 12.1. The van der Waals surface area contributed by atoms with E-state index in [1.165, 1.54) is 0 Å². The van der Waals surface area contributed by atoms with Gasteiger partial charge in [0, 0.05) is 0 Å². The molecule has 1 aromatic carbocycles. The quantitative estimate of drug-likeness (QED) is 0.920. The maximum absolute atomic E-state index is 12.1. The molecule has 2 atom stereocenters. The van der Waals surface area contributed by atoms with Crippen LogP contribution in [0.2, 0.25) is 0 Å². The fraction of sp³-hybridized carbons (Fsp3) is 0.294. The van der Waals surface area contributed by atoms with Crippen LogP contribution in [0.4, 0.5) is 0 Å². The zero-order valence-corrected chi connectivity index (χ0v) is 12.8. The summed E-state index contributed by atoms with van der Waals surface area (Å²) in [5, 5.41) is 11.6. The van der Waals surface area contributed by atoms with E-state index < -0.39 is 6.10 Å². The largest absolute Gasteiger partial charge is 0.481 e. The van der Waals surface area contributed by atoms with Gasteiger partial charge in [0.05, 0.1) is 17.7 Å². The molecule has 0 spiro atoms. The molecular weight excluding hydrogens is 280 g/mol. The number of rotatable bonds is 5. The number of ether oxygens (including phenoxy) is 1. The van der Waals surface area contributed by atoms with Gasteiger partial charge in [-0.25, -0.2) is 0 Å². The first-order valence-corrected chi connectivity index (χ1v) is 7.03. The summed E-state index contributed by atoms with van der Waals surface area (Å²) in [5.41, 5.74) is 0.547. The summed E-state index contributed by atoms with van der Waals surface area (Å²) < 4.78 is 11.0. The highest BCUT2D eigenvalue weighted by Crippen LogP contribution is 2.17. The van der Waals surface area contributed by atoms with Crippen LogP contribution in [0.15, 0.2) is 40.8 Å². The normalized spacial score (nSPS) is 13.0. The Hall–Kier alpha value is -2.74. The van der Waals surface area contributed by atoms with Crippen LogP contribution in [0.3, 0.4) is 0 Å². The van der Waals surface area contributed by atoms with Gasteiger partial charge in [0.2, 0.25) is 0 Å². The molecule has 2 rings (SSSR count). The van der Waals surface area contributed by atoms with Gasteiger partial charge in [-0.05, 0) is 57.2 Å². The van der Waals surface area contributed by atoms with Gasteiger partial charge in [-0.15, -0.1) is 0 Å². The van der Waals surface area contributed by atoms with Crippen LogP contribution >= 0.6 is 0 Å². The number of furan rings is 1. The van der Waals surface area contributed by atoms with E-state index in [0.29, 0.717) is 17.1 Å². The van der Waals surface area contributed by atoms with E-state index in [-0.39, 0.29) is 11.9 Å². The van der Waals surface area contributed by atoms with E-state index in [2.05, 4.69) is 5.32 Å². The number of nitrogens with zero attached hydrogens (tertiary/aromatic N) is 1. The molecule has 5 heteroatoms. The lowest BCUT2D eigenvalue weighted by atomic mass is 10.2. The van der Waals surface area contributed by atoms with Crippen molar-refractivity contribution in [2.24, 2.45) is 0 Å². The summed E-state index contributed by atoms with van der Waals surface area (Å²) in [7, 11) is 0. The number of amides is 1. The highest BCUT2D eigenvalue weighted by molar-refractivity contribution is 5.81. The average molecular weight is 298 g/mol. The predicted molar refractivity (Wildman–Crippen MR) is 81.2 cm³/mol. The second kappa shape index (κ2) is 6.81. The Labute approximate surface area is 129 Å². The second-order valence-corrected chi connectivity index (χ2v) is 5.07. The van der Waals surface area contributed by atoms with Gasteiger partial charge in [0.25, 0.3) is 5.91 Å². The molecule has 0 bridgehead atoms. The lowest BCUT2D eigenvalue weighted by Gasteiger charge is -2.17. The van der Waals surface area contributed by atoms with Crippen molar-refractivity contribution >= 4 is 5.91 Å². The highest BCUT2D eigenvalue weighted by Gasteiger charge is 2.19. The number of aryl methyl sites for hydroxylation is 1. The number of hydrogen-bond acceptors (Lipinski definition) is 4. The fourth-order valence-electron chi connectivity index (χ4n) is 1.95. The van der Waals surface area contributed by atoms with Crippen molar-refractivity contribution in [1.29, 1.82) is 5.26 Å². The van der Waals surface area contributed by atoms with Gasteiger partial charge >= 0.3 is 0 Å². The Morgan fingerprint density at radius 2 is 1.91 bits per heavy atom. The van der Waals surface area contributed by atoms with Gasteiger partial charge < -0.3 is 14.5 Å². The van der Waals surface area contributed by atoms with E-state index in [1.807, 2.05) is 32.0 Å². The van der Waals surface area contributed by atoms with Crippen molar-refractivity contribution in [3.63, 3.8) is 0 Å². The Morgan fingerprint density at radius 1 is 1.23 bits per heavy atom. The molecule has 0 saturated carbocycles. The maximum atomic E-state index is 12.1. The number of hydrogen-bond donors (Lipinski definition) is 1. The summed E-state index contributed by atoms with van der Waals surface area (Å²) in [6.07, 6.45) is -0.647. The van der Waals surface area contributed by atoms with E-state index in [1.54, 1.807) is 31.2 Å². The number of benzene rings is 1. The van der Waals surface area contributed by atoms with Gasteiger partial charge in [-0.2, -0.15) is 5.26 Å². The Morgan fingerprint density at radius 3 is 2.45 bits per heavy atom. The maximum Gasteiger partial charge on any atom is 0.261 e. The third-order valence-electron chi connectivity index (χ3n) is 3.21. The van der Waals surface area contributed by atoms with Gasteiger partial charge in [-0.1, -0.05) is 0 Å². The molecule has 1 amide bonds. The molecule has 22 heavy (non-hydrogen) atoms. The summed E-state index contributed by atoms with van der Waals surface area (Å²) in [6.45, 7) is 5.38. The molecule has 0 fully saturated rings. The molecule has 0 radical (unpaired) electrons. The highest BCUT2D eigenvalue weighted by atomic mass is 16.5. The first-order chi connectivity index (χ1) is 10.5. The van der Waals surface area contributed by atoms with Crippen molar-refractivity contribution in [2.45, 2.75) is 32.9 Å². The Kier molecular flexibility index (Phi) is 4.84. The molecule has 1 N–H and O–H groups in total. The average Bonchev–Trinajstić information content (AvgIpc) is 2.94. The molecule has 114 valence electrons. The standard InChI is InChI=1S/C17H18N2O3/c1-11-4-9-16(21-11)12(2)19-17(20)13(3)22-15-7-5-14(10-18)6-8-15/h4-9,12-13H,1-3H3,(H,19,20). The van der Waals surface area contributed by atoms with Crippen molar-refractivity contribution in [2.75, 3.05) is 0 Å². The van der Waals surface area contributed by atoms with Crippen molar-refractivity contribution in [3.05, 3.63) is 53.5 Å². The topological polar surface area (TPSA) is 75.3 Å². The number of carbonyl (C=O) groups excluding carboxylic acids is 1. The van der Waals surface area contributed by atoms with Crippen molar-refractivity contribution in [3.8, 4) is 11.8 Å². The minimum atomic E-state index is -0.647. The first kappa shape index (κ1) is 15.6. The van der Waals surface area contributed by atoms with Crippen LogP contribution in [-0.2, 0) is 4.79 Å². The predicted octanol–water partition coefficient (Wildman–Crippen LogP) is 3.10. The summed E-state index contributed by atoms with van der Waals surface area (Å²) in [6, 6.07) is 12.1. The van der Waals surface area contributed by atoms with E-state index in [0.717, 1.165) is 5.76 Å². The molecule has 1 heterocycles. The second-order valence-electron chi connectivity index (χ2n) is 5.07. The van der Waals surface area contributed by atoms with Crippen LogP contribution in [0.25, 0.3) is 0 Å². The molecular formula is C17H18N2O3. The van der Waals surface area contributed by atoms with Crippen molar-refractivity contribution in [1.82, 2.24) is 5.32 Å². The summed E-state index contributed by atoms with van der Waals surface area (Å²) in [5.74, 6) is 1.82. The molecule has 0 aliphatic heterocycles. The lowest BCUT2D eigenvalue weighted by molar-refractivity contribution is -0.128. The fourth-order valence-corrected chi connectivity index (χ4v) is 1.95. The van der Waals surface area contributed by atoms with Gasteiger partial charge in [0.1, 0.15) is 17.3 Å². The van der Waals surface area contributed by atoms with E-state index in [4.69, 9.17) is 14.4 Å². The van der Waals surface area contributed by atoms with Crippen LogP contribution in [0, 0.1) is 18.3 Å². The Balaban J connectivity index is 1.92. The molecule has 5 nitrogen and oxygen atoms in total. The molecule has 0 aliphatic rings. The zero-order chi connectivity index (χ0) is 16.1. The van der Waals surface area contributed by atoms with Gasteiger partial charge in [-0.3, -0.25) is 4.79 Å². The number of nitrogens with one attached hydrogen (secondary N) is 1. The lowest BCUT2D eigenvalue weighted by Crippen LogP contribution is -2.37. The minimum absolute atomic E-state index is 0.229. The molecule has 2 aromatic rings. The van der Waals surface area contributed by atoms with E-state index in [9.17, 15) is 4.79 Å². The molecule has 1 aromatic heterocycles. The smallest absolute Gasteiger partial charge is 0.261 e. The Bertz CT molecular complexity index is 683. The van der Waals surface area contributed by atoms with Gasteiger partial charge in [0.15, 0.2) is 6.10 Å².